The molecule has 3 aliphatic rings. The van der Waals surface area contributed by atoms with Crippen molar-refractivity contribution >= 4 is 11.9 Å². The first-order valence-electron chi connectivity index (χ1n) is 9.54. The Morgan fingerprint density at radius 2 is 1.97 bits per heavy atom. The molecule has 10 heteroatoms. The molecule has 3 atom stereocenters. The number of carboxylic acid groups (broad SMARTS) is 1. The van der Waals surface area contributed by atoms with E-state index in [1.165, 1.54) is 12.8 Å². The predicted octanol–water partition coefficient (Wildman–Crippen LogP) is 2.65. The number of hydrogen-bond acceptors (Lipinski definition) is 5. The summed E-state index contributed by atoms with van der Waals surface area (Å²) in [5.74, 6) is -1.18. The average Bonchev–Trinajstić information content (AvgIpc) is 3.34. The van der Waals surface area contributed by atoms with E-state index in [0.717, 1.165) is 25.8 Å². The molecular formula is C19H23F3N2O5. The van der Waals surface area contributed by atoms with Crippen molar-refractivity contribution in [2.75, 3.05) is 13.2 Å². The van der Waals surface area contributed by atoms with Crippen molar-refractivity contribution in [1.29, 1.82) is 0 Å². The maximum absolute atomic E-state index is 12.5. The predicted molar refractivity (Wildman–Crippen MR) is 94.2 cm³/mol. The Morgan fingerprint density at radius 1 is 1.24 bits per heavy atom. The molecule has 3 heterocycles. The Kier molecular flexibility index (Phi) is 6.61. The number of alkyl halides is 3. The lowest BCUT2D eigenvalue weighted by molar-refractivity contribution is -0.192. The number of pyridine rings is 1. The summed E-state index contributed by atoms with van der Waals surface area (Å²) in [5, 5.41) is 7.12. The van der Waals surface area contributed by atoms with Gasteiger partial charge in [-0.3, -0.25) is 4.79 Å². The first-order valence-corrected chi connectivity index (χ1v) is 9.54. The van der Waals surface area contributed by atoms with Crippen LogP contribution in [-0.2, 0) is 14.3 Å². The number of aliphatic carboxylic acids is 1. The minimum atomic E-state index is -5.08. The largest absolute Gasteiger partial charge is 0.490 e. The van der Waals surface area contributed by atoms with Crippen molar-refractivity contribution in [3.8, 4) is 5.88 Å². The Labute approximate surface area is 165 Å². The van der Waals surface area contributed by atoms with Crippen LogP contribution < -0.4 is 4.74 Å². The monoisotopic (exact) mass is 416 g/mol. The summed E-state index contributed by atoms with van der Waals surface area (Å²) >= 11 is 0. The van der Waals surface area contributed by atoms with Crippen molar-refractivity contribution in [3.63, 3.8) is 0 Å². The smallest absolute Gasteiger partial charge is 0.475 e. The van der Waals surface area contributed by atoms with Gasteiger partial charge in [0, 0.05) is 38.3 Å². The van der Waals surface area contributed by atoms with Gasteiger partial charge in [-0.2, -0.15) is 13.2 Å². The molecule has 2 saturated heterocycles. The fourth-order valence-corrected chi connectivity index (χ4v) is 3.58. The highest BCUT2D eigenvalue weighted by Crippen LogP contribution is 2.36. The molecule has 1 aliphatic carbocycles. The Morgan fingerprint density at radius 3 is 2.55 bits per heavy atom. The minimum absolute atomic E-state index is 0.00706. The average molecular weight is 416 g/mol. The van der Waals surface area contributed by atoms with Crippen LogP contribution in [0.4, 0.5) is 13.2 Å². The van der Waals surface area contributed by atoms with Gasteiger partial charge in [-0.05, 0) is 31.2 Å². The molecule has 0 aromatic carbocycles. The molecule has 29 heavy (non-hydrogen) atoms. The number of carboxylic acids is 1. The third kappa shape index (κ3) is 5.81. The number of hydrogen-bond donors (Lipinski definition) is 1. The lowest BCUT2D eigenvalue weighted by Gasteiger charge is -2.41. The Bertz CT molecular complexity index is 712. The van der Waals surface area contributed by atoms with E-state index in [9.17, 15) is 18.0 Å². The lowest BCUT2D eigenvalue weighted by atomic mass is 9.95. The third-order valence-electron chi connectivity index (χ3n) is 5.16. The quantitative estimate of drug-likeness (QED) is 0.812. The van der Waals surface area contributed by atoms with Crippen LogP contribution in [-0.4, -0.2) is 64.4 Å². The SMILES string of the molecule is O=C(CC1CC1)N1CC[C@@H](Oc2ccccn2)[C@H]2OCC[C@@H]21.O=C(O)C(F)(F)F. The van der Waals surface area contributed by atoms with Gasteiger partial charge in [-0.15, -0.1) is 0 Å². The molecular weight excluding hydrogens is 393 g/mol. The fraction of sp³-hybridized carbons (Fsp3) is 0.632. The number of piperidine rings is 1. The zero-order valence-electron chi connectivity index (χ0n) is 15.7. The standard InChI is InChI=1S/C17H22N2O3.C2HF3O2/c20-16(11-12-4-5-12)19-9-6-14(17-13(19)7-10-21-17)22-15-3-1-2-8-18-15;3-2(4,5)1(6)7/h1-3,8,12-14,17H,4-7,9-11H2;(H,6,7)/t13-,14+,17-;/m0./s1. The summed E-state index contributed by atoms with van der Waals surface area (Å²) in [4.78, 5) is 27.6. The molecule has 7 nitrogen and oxygen atoms in total. The second kappa shape index (κ2) is 8.98. The number of ether oxygens (including phenoxy) is 2. The number of halogens is 3. The summed E-state index contributed by atoms with van der Waals surface area (Å²) in [6.45, 7) is 1.48. The molecule has 0 unspecified atom stereocenters. The Balaban J connectivity index is 0.000000298. The number of nitrogens with zero attached hydrogens (tertiary/aromatic N) is 2. The van der Waals surface area contributed by atoms with E-state index in [1.807, 2.05) is 23.1 Å². The van der Waals surface area contributed by atoms with Gasteiger partial charge in [0.2, 0.25) is 11.8 Å². The van der Waals surface area contributed by atoms with E-state index >= 15 is 0 Å². The van der Waals surface area contributed by atoms with E-state index in [2.05, 4.69) is 4.98 Å². The number of rotatable bonds is 4. The number of aromatic nitrogens is 1. The second-order valence-electron chi connectivity index (χ2n) is 7.34. The minimum Gasteiger partial charge on any atom is -0.475 e. The lowest BCUT2D eigenvalue weighted by Crippen LogP contribution is -2.56. The summed E-state index contributed by atoms with van der Waals surface area (Å²) in [6, 6.07) is 5.84. The van der Waals surface area contributed by atoms with Gasteiger partial charge in [0.15, 0.2) is 0 Å². The van der Waals surface area contributed by atoms with Crippen LogP contribution in [0.2, 0.25) is 0 Å². The molecule has 2 aliphatic heterocycles. The van der Waals surface area contributed by atoms with Crippen LogP contribution in [0.15, 0.2) is 24.4 Å². The summed E-state index contributed by atoms with van der Waals surface area (Å²) in [7, 11) is 0. The first-order chi connectivity index (χ1) is 13.8. The van der Waals surface area contributed by atoms with E-state index in [1.54, 1.807) is 6.20 Å². The van der Waals surface area contributed by atoms with Crippen LogP contribution in [0.1, 0.15) is 32.1 Å². The van der Waals surface area contributed by atoms with Crippen molar-refractivity contribution in [2.45, 2.75) is 56.5 Å². The van der Waals surface area contributed by atoms with Crippen LogP contribution >= 0.6 is 0 Å². The highest BCUT2D eigenvalue weighted by molar-refractivity contribution is 5.77. The molecule has 0 radical (unpaired) electrons. The molecule has 1 aromatic heterocycles. The highest BCUT2D eigenvalue weighted by Gasteiger charge is 2.45. The van der Waals surface area contributed by atoms with Gasteiger partial charge in [-0.1, -0.05) is 6.07 Å². The molecule has 1 amide bonds. The number of likely N-dealkylation sites (tertiary alicyclic amines) is 1. The first kappa shape index (κ1) is 21.4. The molecule has 4 rings (SSSR count). The van der Waals surface area contributed by atoms with Gasteiger partial charge in [0.05, 0.1) is 6.04 Å². The Hall–Kier alpha value is -2.36. The highest BCUT2D eigenvalue weighted by atomic mass is 19.4. The van der Waals surface area contributed by atoms with E-state index < -0.39 is 12.1 Å². The van der Waals surface area contributed by atoms with Crippen LogP contribution in [0.3, 0.4) is 0 Å². The molecule has 1 saturated carbocycles. The third-order valence-corrected chi connectivity index (χ3v) is 5.16. The van der Waals surface area contributed by atoms with Crippen LogP contribution in [0.5, 0.6) is 5.88 Å². The summed E-state index contributed by atoms with van der Waals surface area (Å²) in [6.07, 6.45) is 1.51. The van der Waals surface area contributed by atoms with E-state index in [-0.39, 0.29) is 18.2 Å². The number of carbonyl (C=O) groups excluding carboxylic acids is 1. The molecule has 3 fully saturated rings. The summed E-state index contributed by atoms with van der Waals surface area (Å²) < 4.78 is 43.6. The van der Waals surface area contributed by atoms with Crippen molar-refractivity contribution in [1.82, 2.24) is 9.88 Å². The number of fused-ring (bicyclic) bond motifs is 1. The summed E-state index contributed by atoms with van der Waals surface area (Å²) in [5.41, 5.74) is 0. The number of carbonyl (C=O) groups is 2. The van der Waals surface area contributed by atoms with E-state index in [0.29, 0.717) is 24.3 Å². The zero-order valence-corrected chi connectivity index (χ0v) is 15.7. The normalized spacial score (nSPS) is 26.2. The van der Waals surface area contributed by atoms with Crippen molar-refractivity contribution in [3.05, 3.63) is 24.4 Å². The van der Waals surface area contributed by atoms with Gasteiger partial charge in [0.25, 0.3) is 0 Å². The fourth-order valence-electron chi connectivity index (χ4n) is 3.58. The molecule has 0 spiro atoms. The van der Waals surface area contributed by atoms with Gasteiger partial charge >= 0.3 is 12.1 Å². The van der Waals surface area contributed by atoms with Crippen molar-refractivity contribution < 1.29 is 37.3 Å². The molecule has 1 N–H and O–H groups in total. The van der Waals surface area contributed by atoms with Crippen LogP contribution in [0.25, 0.3) is 0 Å². The van der Waals surface area contributed by atoms with Crippen LogP contribution in [0, 0.1) is 5.92 Å². The zero-order chi connectivity index (χ0) is 21.0. The molecule has 1 aromatic rings. The number of amides is 1. The van der Waals surface area contributed by atoms with Gasteiger partial charge in [-0.25, -0.2) is 9.78 Å². The van der Waals surface area contributed by atoms with E-state index in [4.69, 9.17) is 19.4 Å². The maximum Gasteiger partial charge on any atom is 0.490 e. The maximum atomic E-state index is 12.5. The van der Waals surface area contributed by atoms with Gasteiger partial charge in [0.1, 0.15) is 12.2 Å². The molecule has 160 valence electrons. The van der Waals surface area contributed by atoms with Gasteiger partial charge < -0.3 is 19.5 Å². The molecule has 0 bridgehead atoms. The van der Waals surface area contributed by atoms with Crippen molar-refractivity contribution in [2.24, 2.45) is 5.92 Å². The second-order valence-corrected chi connectivity index (χ2v) is 7.34. The topological polar surface area (TPSA) is 89.0 Å².